The van der Waals surface area contributed by atoms with Crippen molar-refractivity contribution in [3.8, 4) is 11.1 Å². The maximum Gasteiger partial charge on any atom is 0.305 e. The van der Waals surface area contributed by atoms with E-state index in [-0.39, 0.29) is 12.3 Å². The number of pyridine rings is 1. The number of aliphatic hydroxyl groups excluding tert-OH is 1. The number of hydrogen-bond donors (Lipinski definition) is 3. The second-order valence-corrected chi connectivity index (χ2v) is 8.05. The van der Waals surface area contributed by atoms with Crippen LogP contribution in [0.25, 0.3) is 11.1 Å². The minimum atomic E-state index is -1.65. The molecule has 0 radical (unpaired) electrons. The molecule has 32 heavy (non-hydrogen) atoms. The van der Waals surface area contributed by atoms with Crippen LogP contribution < -0.4 is 5.32 Å². The molecule has 3 N–H and O–H groups in total. The highest BCUT2D eigenvalue weighted by molar-refractivity contribution is 6.05. The van der Waals surface area contributed by atoms with Gasteiger partial charge in [-0.05, 0) is 23.3 Å². The Morgan fingerprint density at radius 2 is 1.94 bits per heavy atom. The number of carboxylic acids is 1. The van der Waals surface area contributed by atoms with E-state index in [2.05, 4.69) is 15.5 Å². The topological polar surface area (TPSA) is 121 Å². The standard InChI is InChI=1S/C23H26FN3O5/c1-14(2)23(22(31)26-18(11-21(29)30)20(28)13-24)12-19(27-32-23)17-10-16(8-9-25-17)15-6-4-3-5-7-15/h3-10,14,18,20,28H,11-13H2,1-2H3,(H,26,31)(H,29,30). The van der Waals surface area contributed by atoms with Gasteiger partial charge in [0, 0.05) is 18.5 Å². The van der Waals surface area contributed by atoms with E-state index in [1.165, 1.54) is 0 Å². The molecule has 0 saturated carbocycles. The van der Waals surface area contributed by atoms with Crippen LogP contribution in [0, 0.1) is 5.92 Å². The lowest BCUT2D eigenvalue weighted by Crippen LogP contribution is -2.56. The predicted octanol–water partition coefficient (Wildman–Crippen LogP) is 2.56. The SMILES string of the molecule is CC(C)C1(C(=O)NC(CC(=O)O)C(O)CF)CC(c2cc(-c3ccccc3)ccn2)=NO1. The van der Waals surface area contributed by atoms with Crippen molar-refractivity contribution < 1.29 is 29.0 Å². The number of aliphatic carboxylic acids is 1. The average molecular weight is 443 g/mol. The van der Waals surface area contributed by atoms with Gasteiger partial charge in [-0.1, -0.05) is 49.3 Å². The Bertz CT molecular complexity index is 998. The molecule has 3 rings (SSSR count). The normalized spacial score (nSPS) is 19.7. The van der Waals surface area contributed by atoms with E-state index in [4.69, 9.17) is 9.94 Å². The first-order valence-corrected chi connectivity index (χ1v) is 10.3. The van der Waals surface area contributed by atoms with Crippen LogP contribution in [-0.4, -0.2) is 57.2 Å². The van der Waals surface area contributed by atoms with Crippen molar-refractivity contribution in [1.82, 2.24) is 10.3 Å². The molecule has 3 atom stereocenters. The first kappa shape index (κ1) is 23.3. The van der Waals surface area contributed by atoms with Crippen molar-refractivity contribution in [2.75, 3.05) is 6.67 Å². The van der Waals surface area contributed by atoms with Crippen molar-refractivity contribution in [3.05, 3.63) is 54.4 Å². The summed E-state index contributed by atoms with van der Waals surface area (Å²) >= 11 is 0. The van der Waals surface area contributed by atoms with Crippen LogP contribution in [0.2, 0.25) is 0 Å². The van der Waals surface area contributed by atoms with Crippen molar-refractivity contribution in [2.45, 2.75) is 44.4 Å². The summed E-state index contributed by atoms with van der Waals surface area (Å²) in [5, 5.41) is 25.4. The van der Waals surface area contributed by atoms with Gasteiger partial charge in [-0.25, -0.2) is 4.39 Å². The molecule has 0 fully saturated rings. The number of carbonyl (C=O) groups is 2. The van der Waals surface area contributed by atoms with E-state index in [1.54, 1.807) is 20.0 Å². The van der Waals surface area contributed by atoms with Gasteiger partial charge in [-0.15, -0.1) is 0 Å². The third kappa shape index (κ3) is 4.94. The van der Waals surface area contributed by atoms with E-state index in [0.717, 1.165) is 11.1 Å². The van der Waals surface area contributed by atoms with E-state index >= 15 is 0 Å². The predicted molar refractivity (Wildman–Crippen MR) is 116 cm³/mol. The summed E-state index contributed by atoms with van der Waals surface area (Å²) in [4.78, 5) is 34.2. The number of amides is 1. The third-order valence-electron chi connectivity index (χ3n) is 5.56. The van der Waals surface area contributed by atoms with Gasteiger partial charge in [0.2, 0.25) is 5.60 Å². The number of rotatable bonds is 9. The summed E-state index contributed by atoms with van der Waals surface area (Å²) < 4.78 is 13.0. The van der Waals surface area contributed by atoms with E-state index in [1.807, 2.05) is 42.5 Å². The number of benzene rings is 1. The number of alkyl halides is 1. The minimum Gasteiger partial charge on any atom is -0.481 e. The van der Waals surface area contributed by atoms with E-state index < -0.39 is 42.7 Å². The Morgan fingerprint density at radius 1 is 1.22 bits per heavy atom. The van der Waals surface area contributed by atoms with Crippen molar-refractivity contribution in [2.24, 2.45) is 11.1 Å². The summed E-state index contributed by atoms with van der Waals surface area (Å²) in [6.45, 7) is 2.35. The number of carbonyl (C=O) groups excluding carboxylic acids is 1. The first-order chi connectivity index (χ1) is 15.3. The molecule has 2 aromatic rings. The lowest BCUT2D eigenvalue weighted by atomic mass is 9.83. The van der Waals surface area contributed by atoms with Crippen LogP contribution in [0.5, 0.6) is 0 Å². The molecular formula is C23H26FN3O5. The fourth-order valence-corrected chi connectivity index (χ4v) is 3.55. The largest absolute Gasteiger partial charge is 0.481 e. The number of oxime groups is 1. The molecule has 9 heteroatoms. The lowest BCUT2D eigenvalue weighted by molar-refractivity contribution is -0.152. The van der Waals surface area contributed by atoms with Crippen LogP contribution in [-0.2, 0) is 14.4 Å². The Kier molecular flexibility index (Phi) is 7.19. The maximum absolute atomic E-state index is 13.1. The molecule has 0 saturated heterocycles. The molecule has 1 aliphatic heterocycles. The molecule has 2 heterocycles. The summed E-state index contributed by atoms with van der Waals surface area (Å²) in [6.07, 6.45) is -0.534. The molecule has 0 spiro atoms. The molecule has 1 aromatic carbocycles. The van der Waals surface area contributed by atoms with Gasteiger partial charge in [-0.2, -0.15) is 0 Å². The zero-order valence-corrected chi connectivity index (χ0v) is 17.9. The highest BCUT2D eigenvalue weighted by Gasteiger charge is 2.50. The summed E-state index contributed by atoms with van der Waals surface area (Å²) in [7, 11) is 0. The molecule has 8 nitrogen and oxygen atoms in total. The first-order valence-electron chi connectivity index (χ1n) is 10.3. The fraction of sp³-hybridized carbons (Fsp3) is 0.391. The number of aliphatic hydroxyl groups is 1. The molecule has 1 aliphatic rings. The Balaban J connectivity index is 1.82. The van der Waals surface area contributed by atoms with Crippen molar-refractivity contribution in [3.63, 3.8) is 0 Å². The van der Waals surface area contributed by atoms with Crippen LogP contribution in [0.1, 0.15) is 32.4 Å². The summed E-state index contributed by atoms with van der Waals surface area (Å²) in [5.41, 5.74) is 1.50. The van der Waals surface area contributed by atoms with Gasteiger partial charge < -0.3 is 20.4 Å². The molecule has 3 unspecified atom stereocenters. The lowest BCUT2D eigenvalue weighted by Gasteiger charge is -2.32. The summed E-state index contributed by atoms with van der Waals surface area (Å²) in [6, 6.07) is 12.1. The molecule has 0 bridgehead atoms. The number of nitrogens with one attached hydrogen (secondary N) is 1. The van der Waals surface area contributed by atoms with Gasteiger partial charge >= 0.3 is 5.97 Å². The third-order valence-corrected chi connectivity index (χ3v) is 5.56. The van der Waals surface area contributed by atoms with Gasteiger partial charge in [0.25, 0.3) is 5.91 Å². The smallest absolute Gasteiger partial charge is 0.305 e. The zero-order chi connectivity index (χ0) is 23.3. The number of nitrogens with zero attached hydrogens (tertiary/aromatic N) is 2. The van der Waals surface area contributed by atoms with Crippen molar-refractivity contribution in [1.29, 1.82) is 0 Å². The molecule has 0 aliphatic carbocycles. The monoisotopic (exact) mass is 443 g/mol. The Hall–Kier alpha value is -3.33. The van der Waals surface area contributed by atoms with Gasteiger partial charge in [0.05, 0.1) is 18.2 Å². The number of carboxylic acid groups (broad SMARTS) is 1. The second kappa shape index (κ2) is 9.86. The maximum atomic E-state index is 13.1. The van der Waals surface area contributed by atoms with Crippen LogP contribution in [0.4, 0.5) is 4.39 Å². The van der Waals surface area contributed by atoms with Crippen LogP contribution in [0.3, 0.4) is 0 Å². The van der Waals surface area contributed by atoms with Crippen LogP contribution in [0.15, 0.2) is 53.8 Å². The van der Waals surface area contributed by atoms with Gasteiger partial charge in [0.1, 0.15) is 18.5 Å². The number of hydrogen-bond acceptors (Lipinski definition) is 6. The zero-order valence-electron chi connectivity index (χ0n) is 17.9. The highest BCUT2D eigenvalue weighted by atomic mass is 19.1. The van der Waals surface area contributed by atoms with Crippen molar-refractivity contribution >= 4 is 17.6 Å². The summed E-state index contributed by atoms with van der Waals surface area (Å²) in [5.74, 6) is -2.29. The van der Waals surface area contributed by atoms with Gasteiger partial charge in [-0.3, -0.25) is 14.6 Å². The van der Waals surface area contributed by atoms with Crippen LogP contribution >= 0.6 is 0 Å². The number of halogens is 1. The molecular weight excluding hydrogens is 417 g/mol. The average Bonchev–Trinajstić information content (AvgIpc) is 3.25. The van der Waals surface area contributed by atoms with E-state index in [0.29, 0.717) is 11.4 Å². The quantitative estimate of drug-likeness (QED) is 0.548. The van der Waals surface area contributed by atoms with Gasteiger partial charge in [0.15, 0.2) is 0 Å². The number of aromatic nitrogens is 1. The molecule has 170 valence electrons. The Morgan fingerprint density at radius 3 is 2.56 bits per heavy atom. The van der Waals surface area contributed by atoms with E-state index in [9.17, 15) is 19.1 Å². The molecule has 1 aromatic heterocycles. The fourth-order valence-electron chi connectivity index (χ4n) is 3.55. The highest BCUT2D eigenvalue weighted by Crippen LogP contribution is 2.34. The Labute approximate surface area is 185 Å². The molecule has 1 amide bonds. The minimum absolute atomic E-state index is 0.0905. The second-order valence-electron chi connectivity index (χ2n) is 8.05.